The number of carbonyl (C=O) groups excluding carboxylic acids is 1. The summed E-state index contributed by atoms with van der Waals surface area (Å²) < 4.78 is 46.4. The number of aromatic nitrogens is 3. The van der Waals surface area contributed by atoms with Crippen LogP contribution in [0.15, 0.2) is 30.3 Å². The van der Waals surface area contributed by atoms with Gasteiger partial charge in [0.15, 0.2) is 21.3 Å². The molecular weight excluding hydrogens is 533 g/mol. The number of pyridine rings is 1. The van der Waals surface area contributed by atoms with Gasteiger partial charge in [-0.2, -0.15) is 5.10 Å². The van der Waals surface area contributed by atoms with E-state index in [0.29, 0.717) is 36.8 Å². The van der Waals surface area contributed by atoms with Gasteiger partial charge in [-0.3, -0.25) is 4.79 Å². The Kier molecular flexibility index (Phi) is 9.58. The van der Waals surface area contributed by atoms with Crippen LogP contribution >= 0.6 is 0 Å². The quantitative estimate of drug-likeness (QED) is 0.299. The van der Waals surface area contributed by atoms with Crippen molar-refractivity contribution in [2.75, 3.05) is 63.9 Å². The van der Waals surface area contributed by atoms with Gasteiger partial charge in [0.05, 0.1) is 28.2 Å². The second-order valence-electron chi connectivity index (χ2n) is 11.2. The SMILES string of the molecule is COCC1CCN(c2cc(C(=O)CS(=O)(=O)CCCN(C)C)nc3c2c(C(C)C)nn3-c2ccc(F)cc2)CC1. The predicted octanol–water partition coefficient (Wildman–Crippen LogP) is 4.10. The normalized spacial score (nSPS) is 15.1. The molecule has 1 saturated heterocycles. The summed E-state index contributed by atoms with van der Waals surface area (Å²) in [6.07, 6.45) is 2.32. The van der Waals surface area contributed by atoms with Crippen molar-refractivity contribution < 1.29 is 22.3 Å². The number of benzene rings is 1. The molecule has 0 radical (unpaired) electrons. The number of rotatable bonds is 12. The number of anilines is 1. The Labute approximate surface area is 236 Å². The first-order valence-corrected chi connectivity index (χ1v) is 15.6. The molecule has 0 spiro atoms. The number of ether oxygens (including phenoxy) is 1. The van der Waals surface area contributed by atoms with Gasteiger partial charge in [0.2, 0.25) is 0 Å². The van der Waals surface area contributed by atoms with E-state index in [-0.39, 0.29) is 23.2 Å². The fourth-order valence-corrected chi connectivity index (χ4v) is 6.46. The third-order valence-electron chi connectivity index (χ3n) is 7.32. The predicted molar refractivity (Wildman–Crippen MR) is 156 cm³/mol. The molecule has 218 valence electrons. The summed E-state index contributed by atoms with van der Waals surface area (Å²) in [6, 6.07) is 7.68. The van der Waals surface area contributed by atoms with E-state index in [2.05, 4.69) is 4.90 Å². The molecule has 0 unspecified atom stereocenters. The molecule has 0 saturated carbocycles. The lowest BCUT2D eigenvalue weighted by atomic mass is 9.96. The average Bonchev–Trinajstić information content (AvgIpc) is 3.29. The van der Waals surface area contributed by atoms with Crippen LogP contribution in [0.5, 0.6) is 0 Å². The molecule has 40 heavy (non-hydrogen) atoms. The fraction of sp³-hybridized carbons (Fsp3) is 0.552. The Hall–Kier alpha value is -2.89. The van der Waals surface area contributed by atoms with Gasteiger partial charge in [0.1, 0.15) is 17.3 Å². The second-order valence-corrected chi connectivity index (χ2v) is 13.4. The van der Waals surface area contributed by atoms with Gasteiger partial charge in [-0.25, -0.2) is 22.5 Å². The molecule has 1 aliphatic heterocycles. The van der Waals surface area contributed by atoms with Crippen LogP contribution in [0.2, 0.25) is 0 Å². The first-order chi connectivity index (χ1) is 19.0. The number of hydrogen-bond acceptors (Lipinski definition) is 8. The Balaban J connectivity index is 1.80. The van der Waals surface area contributed by atoms with Crippen molar-refractivity contribution in [1.82, 2.24) is 19.7 Å². The zero-order valence-electron chi connectivity index (χ0n) is 24.1. The van der Waals surface area contributed by atoms with E-state index in [0.717, 1.165) is 42.7 Å². The van der Waals surface area contributed by atoms with Crippen molar-refractivity contribution in [2.24, 2.45) is 5.92 Å². The Morgan fingerprint density at radius 2 is 1.85 bits per heavy atom. The topological polar surface area (TPSA) is 97.6 Å². The first-order valence-electron chi connectivity index (χ1n) is 13.8. The maximum absolute atomic E-state index is 13.7. The van der Waals surface area contributed by atoms with Gasteiger partial charge >= 0.3 is 0 Å². The van der Waals surface area contributed by atoms with Gasteiger partial charge in [-0.1, -0.05) is 13.8 Å². The van der Waals surface area contributed by atoms with Crippen molar-refractivity contribution in [3.63, 3.8) is 0 Å². The highest BCUT2D eigenvalue weighted by Crippen LogP contribution is 2.36. The number of fused-ring (bicyclic) bond motifs is 1. The molecule has 4 rings (SSSR count). The summed E-state index contributed by atoms with van der Waals surface area (Å²) >= 11 is 0. The van der Waals surface area contributed by atoms with E-state index in [1.807, 2.05) is 32.8 Å². The number of piperidine rings is 1. The van der Waals surface area contributed by atoms with Crippen LogP contribution in [0.3, 0.4) is 0 Å². The third-order valence-corrected chi connectivity index (χ3v) is 8.93. The van der Waals surface area contributed by atoms with Crippen LogP contribution in [-0.4, -0.2) is 92.8 Å². The van der Waals surface area contributed by atoms with Gasteiger partial charge in [0.25, 0.3) is 0 Å². The minimum absolute atomic E-state index is 0.0504. The van der Waals surface area contributed by atoms with E-state index in [4.69, 9.17) is 14.8 Å². The van der Waals surface area contributed by atoms with Crippen LogP contribution < -0.4 is 4.90 Å². The second kappa shape index (κ2) is 12.7. The molecule has 0 bridgehead atoms. The number of halogens is 1. The van der Waals surface area contributed by atoms with Crippen LogP contribution in [0.4, 0.5) is 10.1 Å². The third kappa shape index (κ3) is 7.05. The summed E-state index contributed by atoms with van der Waals surface area (Å²) in [5.41, 5.74) is 2.80. The summed E-state index contributed by atoms with van der Waals surface area (Å²) in [4.78, 5) is 22.3. The molecule has 1 aliphatic rings. The van der Waals surface area contributed by atoms with Crippen LogP contribution in [0, 0.1) is 11.7 Å². The highest BCUT2D eigenvalue weighted by molar-refractivity contribution is 7.92. The minimum atomic E-state index is -3.61. The minimum Gasteiger partial charge on any atom is -0.384 e. The summed E-state index contributed by atoms with van der Waals surface area (Å²) in [7, 11) is 1.86. The Morgan fingerprint density at radius 1 is 1.18 bits per heavy atom. The lowest BCUT2D eigenvalue weighted by Gasteiger charge is -2.34. The molecule has 0 aliphatic carbocycles. The van der Waals surface area contributed by atoms with Crippen LogP contribution in [0.1, 0.15) is 55.2 Å². The molecule has 3 aromatic rings. The zero-order chi connectivity index (χ0) is 29.0. The molecule has 9 nitrogen and oxygen atoms in total. The Morgan fingerprint density at radius 3 is 2.45 bits per heavy atom. The number of Topliss-reactive ketones (excluding diaryl/α,β-unsaturated/α-hetero) is 1. The molecule has 0 N–H and O–H groups in total. The van der Waals surface area contributed by atoms with E-state index in [1.165, 1.54) is 12.1 Å². The average molecular weight is 574 g/mol. The van der Waals surface area contributed by atoms with Gasteiger partial charge in [-0.05, 0) is 82.1 Å². The molecular formula is C29H40FN5O4S. The van der Waals surface area contributed by atoms with Crippen LogP contribution in [-0.2, 0) is 14.6 Å². The molecule has 0 amide bonds. The summed E-state index contributed by atoms with van der Waals surface area (Å²) in [5, 5.41) is 5.70. The van der Waals surface area contributed by atoms with E-state index < -0.39 is 21.4 Å². The number of sulfone groups is 1. The smallest absolute Gasteiger partial charge is 0.196 e. The maximum atomic E-state index is 13.7. The monoisotopic (exact) mass is 573 g/mol. The summed E-state index contributed by atoms with van der Waals surface area (Å²) in [6.45, 7) is 6.95. The van der Waals surface area contributed by atoms with Gasteiger partial charge in [0, 0.05) is 26.8 Å². The fourth-order valence-electron chi connectivity index (χ4n) is 5.20. The van der Waals surface area contributed by atoms with Gasteiger partial charge < -0.3 is 14.5 Å². The van der Waals surface area contributed by atoms with E-state index in [9.17, 15) is 17.6 Å². The molecule has 11 heteroatoms. The number of carbonyl (C=O) groups is 1. The zero-order valence-corrected chi connectivity index (χ0v) is 24.9. The van der Waals surface area contributed by atoms with Crippen molar-refractivity contribution in [1.29, 1.82) is 0 Å². The van der Waals surface area contributed by atoms with Crippen molar-refractivity contribution >= 4 is 32.3 Å². The highest BCUT2D eigenvalue weighted by atomic mass is 32.2. The standard InChI is InChI=1S/C29H40FN5O4S/c1-20(2)28-27-25(34-14-11-21(12-15-34)18-39-5)17-24(26(36)19-40(37,38)16-6-13-33(3)4)31-29(27)35(32-28)23-9-7-22(30)8-10-23/h7-10,17,20-21H,6,11-16,18-19H2,1-5H3. The molecule has 1 fully saturated rings. The molecule has 1 aromatic carbocycles. The highest BCUT2D eigenvalue weighted by Gasteiger charge is 2.28. The van der Waals surface area contributed by atoms with E-state index in [1.54, 1.807) is 30.0 Å². The lowest BCUT2D eigenvalue weighted by Crippen LogP contribution is -2.35. The van der Waals surface area contributed by atoms with E-state index >= 15 is 0 Å². The number of methoxy groups -OCH3 is 1. The summed E-state index contributed by atoms with van der Waals surface area (Å²) in [5.74, 6) is -1.07. The van der Waals surface area contributed by atoms with Crippen molar-refractivity contribution in [2.45, 2.75) is 39.0 Å². The van der Waals surface area contributed by atoms with Crippen LogP contribution in [0.25, 0.3) is 16.7 Å². The number of ketones is 1. The Bertz CT molecular complexity index is 1430. The van der Waals surface area contributed by atoms with Crippen molar-refractivity contribution in [3.05, 3.63) is 47.5 Å². The van der Waals surface area contributed by atoms with Crippen molar-refractivity contribution in [3.8, 4) is 5.69 Å². The molecule has 2 aromatic heterocycles. The lowest BCUT2D eigenvalue weighted by molar-refractivity contribution is 0.101. The van der Waals surface area contributed by atoms with Gasteiger partial charge in [-0.15, -0.1) is 0 Å². The number of nitrogens with zero attached hydrogens (tertiary/aromatic N) is 5. The maximum Gasteiger partial charge on any atom is 0.196 e. The molecule has 3 heterocycles. The largest absolute Gasteiger partial charge is 0.384 e. The number of hydrogen-bond donors (Lipinski definition) is 0. The molecule has 0 atom stereocenters. The first kappa shape index (κ1) is 30.1.